The SMILES string of the molecule is N#CCCN(C(=O)COC(=O)Cn1[nH]c(=O)c2ccccc2c1=O)c1ccc2c(c1)OCCO2. The summed E-state index contributed by atoms with van der Waals surface area (Å²) in [5, 5.41) is 11.7. The second kappa shape index (κ2) is 9.91. The molecule has 11 heteroatoms. The highest BCUT2D eigenvalue weighted by Crippen LogP contribution is 2.34. The first-order chi connectivity index (χ1) is 16.5. The molecule has 1 N–H and O–H groups in total. The predicted molar refractivity (Wildman–Crippen MR) is 120 cm³/mol. The number of amides is 1. The molecule has 34 heavy (non-hydrogen) atoms. The van der Waals surface area contributed by atoms with E-state index in [-0.39, 0.29) is 23.7 Å². The molecule has 0 unspecified atom stereocenters. The molecule has 0 aliphatic carbocycles. The predicted octanol–water partition coefficient (Wildman–Crippen LogP) is 0.951. The zero-order valence-corrected chi connectivity index (χ0v) is 18.0. The van der Waals surface area contributed by atoms with Crippen LogP contribution in [0, 0.1) is 11.3 Å². The molecule has 1 aliphatic rings. The summed E-state index contributed by atoms with van der Waals surface area (Å²) in [5.74, 6) is -0.442. The molecule has 2 heterocycles. The van der Waals surface area contributed by atoms with Gasteiger partial charge in [-0.3, -0.25) is 24.3 Å². The third-order valence-corrected chi connectivity index (χ3v) is 5.11. The normalized spacial score (nSPS) is 12.1. The second-order valence-corrected chi connectivity index (χ2v) is 7.32. The standard InChI is InChI=1S/C23H20N4O7/c24-8-3-9-26(15-6-7-18-19(12-15)33-11-10-32-18)20(28)14-34-21(29)13-27-23(31)17-5-2-1-4-16(17)22(30)25-27/h1-2,4-7,12H,3,9-11,13-14H2,(H,25,30). The second-order valence-electron chi connectivity index (χ2n) is 7.32. The van der Waals surface area contributed by atoms with E-state index >= 15 is 0 Å². The number of esters is 1. The lowest BCUT2D eigenvalue weighted by atomic mass is 10.2. The highest BCUT2D eigenvalue weighted by Gasteiger charge is 2.21. The van der Waals surface area contributed by atoms with E-state index in [4.69, 9.17) is 19.5 Å². The van der Waals surface area contributed by atoms with Gasteiger partial charge in [-0.2, -0.15) is 5.26 Å². The summed E-state index contributed by atoms with van der Waals surface area (Å²) in [6.07, 6.45) is 0.0574. The molecular formula is C23H20N4O7. The van der Waals surface area contributed by atoms with Crippen molar-refractivity contribution in [1.82, 2.24) is 9.78 Å². The lowest BCUT2D eigenvalue weighted by Gasteiger charge is -2.24. The van der Waals surface area contributed by atoms with Crippen molar-refractivity contribution < 1.29 is 23.8 Å². The maximum Gasteiger partial charge on any atom is 0.328 e. The first kappa shape index (κ1) is 22.6. The number of aromatic nitrogens is 2. The van der Waals surface area contributed by atoms with E-state index < -0.39 is 36.1 Å². The molecule has 0 radical (unpaired) electrons. The van der Waals surface area contributed by atoms with Gasteiger partial charge in [0, 0.05) is 18.3 Å². The molecule has 0 spiro atoms. The highest BCUT2D eigenvalue weighted by molar-refractivity contribution is 5.95. The Kier molecular flexibility index (Phi) is 6.59. The van der Waals surface area contributed by atoms with Crippen LogP contribution in [-0.4, -0.2) is 48.0 Å². The summed E-state index contributed by atoms with van der Waals surface area (Å²) in [5.41, 5.74) is -0.638. The van der Waals surface area contributed by atoms with E-state index in [0.29, 0.717) is 30.4 Å². The summed E-state index contributed by atoms with van der Waals surface area (Å²) in [6, 6.07) is 13.1. The van der Waals surface area contributed by atoms with Crippen LogP contribution in [0.4, 0.5) is 5.69 Å². The minimum absolute atomic E-state index is 0.0574. The fraction of sp³-hybridized carbons (Fsp3) is 0.261. The summed E-state index contributed by atoms with van der Waals surface area (Å²) in [6.45, 7) is -0.328. The van der Waals surface area contributed by atoms with Crippen molar-refractivity contribution in [2.24, 2.45) is 0 Å². The van der Waals surface area contributed by atoms with Crippen LogP contribution in [0.5, 0.6) is 11.5 Å². The first-order valence-corrected chi connectivity index (χ1v) is 10.4. The number of carbonyl (C=O) groups is 2. The molecule has 174 valence electrons. The van der Waals surface area contributed by atoms with Gasteiger partial charge in [0.25, 0.3) is 17.0 Å². The monoisotopic (exact) mass is 464 g/mol. The van der Waals surface area contributed by atoms with Gasteiger partial charge in [0.1, 0.15) is 19.8 Å². The Bertz CT molecular complexity index is 1400. The van der Waals surface area contributed by atoms with E-state index in [1.54, 1.807) is 30.3 Å². The molecule has 1 aromatic heterocycles. The smallest absolute Gasteiger partial charge is 0.328 e. The zero-order valence-electron chi connectivity index (χ0n) is 18.0. The molecular weight excluding hydrogens is 444 g/mol. The number of nitrogens with one attached hydrogen (secondary N) is 1. The van der Waals surface area contributed by atoms with Crippen molar-refractivity contribution in [3.63, 3.8) is 0 Å². The van der Waals surface area contributed by atoms with Crippen LogP contribution in [0.1, 0.15) is 6.42 Å². The minimum Gasteiger partial charge on any atom is -0.486 e. The molecule has 3 aromatic rings. The van der Waals surface area contributed by atoms with Gasteiger partial charge in [-0.15, -0.1) is 0 Å². The average molecular weight is 464 g/mol. The molecule has 0 saturated carbocycles. The molecule has 1 amide bonds. The average Bonchev–Trinajstić information content (AvgIpc) is 2.86. The van der Waals surface area contributed by atoms with Crippen molar-refractivity contribution in [3.8, 4) is 17.6 Å². The van der Waals surface area contributed by atoms with Gasteiger partial charge in [-0.25, -0.2) is 4.68 Å². The van der Waals surface area contributed by atoms with Crippen LogP contribution in [-0.2, 0) is 20.9 Å². The minimum atomic E-state index is -0.885. The number of carbonyl (C=O) groups excluding carboxylic acids is 2. The van der Waals surface area contributed by atoms with Crippen LogP contribution in [0.2, 0.25) is 0 Å². The largest absolute Gasteiger partial charge is 0.486 e. The quantitative estimate of drug-likeness (QED) is 0.509. The number of nitriles is 1. The summed E-state index contributed by atoms with van der Waals surface area (Å²) in [7, 11) is 0. The lowest BCUT2D eigenvalue weighted by Crippen LogP contribution is -2.37. The number of aromatic amines is 1. The molecule has 0 fully saturated rings. The summed E-state index contributed by atoms with van der Waals surface area (Å²) < 4.78 is 16.9. The van der Waals surface area contributed by atoms with Gasteiger partial charge in [-0.1, -0.05) is 12.1 Å². The van der Waals surface area contributed by atoms with E-state index in [1.165, 1.54) is 17.0 Å². The lowest BCUT2D eigenvalue weighted by molar-refractivity contribution is -0.148. The van der Waals surface area contributed by atoms with E-state index in [2.05, 4.69) is 5.10 Å². The third-order valence-electron chi connectivity index (χ3n) is 5.11. The van der Waals surface area contributed by atoms with Crippen molar-refractivity contribution in [1.29, 1.82) is 5.26 Å². The maximum absolute atomic E-state index is 12.8. The molecule has 11 nitrogen and oxygen atoms in total. The van der Waals surface area contributed by atoms with Gasteiger partial charge in [0.2, 0.25) is 0 Å². The van der Waals surface area contributed by atoms with Crippen molar-refractivity contribution in [3.05, 3.63) is 63.2 Å². The van der Waals surface area contributed by atoms with Crippen LogP contribution < -0.4 is 25.5 Å². The van der Waals surface area contributed by atoms with Crippen molar-refractivity contribution in [2.75, 3.05) is 31.3 Å². The molecule has 0 bridgehead atoms. The van der Waals surface area contributed by atoms with Gasteiger partial charge in [-0.05, 0) is 24.3 Å². The number of H-pyrrole nitrogens is 1. The van der Waals surface area contributed by atoms with Crippen LogP contribution in [0.15, 0.2) is 52.1 Å². The van der Waals surface area contributed by atoms with Crippen molar-refractivity contribution in [2.45, 2.75) is 13.0 Å². The number of nitrogens with zero attached hydrogens (tertiary/aromatic N) is 3. The zero-order chi connectivity index (χ0) is 24.1. The number of fused-ring (bicyclic) bond motifs is 2. The number of rotatable bonds is 7. The Balaban J connectivity index is 1.46. The fourth-order valence-corrected chi connectivity index (χ4v) is 3.51. The fourth-order valence-electron chi connectivity index (χ4n) is 3.51. The van der Waals surface area contributed by atoms with Crippen LogP contribution >= 0.6 is 0 Å². The van der Waals surface area contributed by atoms with Gasteiger partial charge >= 0.3 is 5.97 Å². The highest BCUT2D eigenvalue weighted by atomic mass is 16.6. The summed E-state index contributed by atoms with van der Waals surface area (Å²) >= 11 is 0. The maximum atomic E-state index is 12.8. The molecule has 0 saturated heterocycles. The van der Waals surface area contributed by atoms with Crippen molar-refractivity contribution >= 4 is 28.3 Å². The number of hydrogen-bond donors (Lipinski definition) is 1. The van der Waals surface area contributed by atoms with Gasteiger partial charge < -0.3 is 19.1 Å². The number of hydrogen-bond acceptors (Lipinski definition) is 8. The Labute approximate surface area is 192 Å². The van der Waals surface area contributed by atoms with E-state index in [0.717, 1.165) is 4.68 Å². The molecule has 0 atom stereocenters. The Morgan fingerprint density at radius 1 is 1.09 bits per heavy atom. The number of benzene rings is 2. The topological polar surface area (TPSA) is 144 Å². The first-order valence-electron chi connectivity index (χ1n) is 10.4. The van der Waals surface area contributed by atoms with Gasteiger partial charge in [0.15, 0.2) is 18.1 Å². The molecule has 2 aromatic carbocycles. The summed E-state index contributed by atoms with van der Waals surface area (Å²) in [4.78, 5) is 51.1. The van der Waals surface area contributed by atoms with E-state index in [9.17, 15) is 19.2 Å². The Morgan fingerprint density at radius 3 is 2.59 bits per heavy atom. The van der Waals surface area contributed by atoms with E-state index in [1.807, 2.05) is 6.07 Å². The van der Waals surface area contributed by atoms with Crippen LogP contribution in [0.3, 0.4) is 0 Å². The third kappa shape index (κ3) is 4.75. The number of ether oxygens (including phenoxy) is 3. The molecule has 1 aliphatic heterocycles. The Hall–Kier alpha value is -4.59. The number of anilines is 1. The van der Waals surface area contributed by atoms with Crippen LogP contribution in [0.25, 0.3) is 10.8 Å². The Morgan fingerprint density at radius 2 is 1.82 bits per heavy atom. The molecule has 4 rings (SSSR count). The van der Waals surface area contributed by atoms with Gasteiger partial charge in [0.05, 0.1) is 23.3 Å².